The molecule has 0 spiro atoms. The lowest BCUT2D eigenvalue weighted by molar-refractivity contribution is -0.385. The van der Waals surface area contributed by atoms with E-state index in [0.717, 1.165) is 30.3 Å². The van der Waals surface area contributed by atoms with Crippen LogP contribution in [0.4, 0.5) is 20.2 Å². The maximum atomic E-state index is 13.8. The quantitative estimate of drug-likeness (QED) is 0.519. The molecule has 1 atom stereocenters. The number of nitrogens with one attached hydrogen (secondary N) is 1. The molecule has 0 bridgehead atoms. The molecule has 1 fully saturated rings. The Balaban J connectivity index is 1.91. The van der Waals surface area contributed by atoms with Crippen LogP contribution in [0.2, 0.25) is 0 Å². The summed E-state index contributed by atoms with van der Waals surface area (Å²) in [4.78, 5) is 10.1. The van der Waals surface area contributed by atoms with Crippen LogP contribution in [0, 0.1) is 21.7 Å². The molecular formula is C18H19F2N3O5S. The molecular weight excluding hydrogens is 408 g/mol. The molecule has 0 amide bonds. The first-order valence-electron chi connectivity index (χ1n) is 8.86. The Labute approximate surface area is 166 Å². The molecule has 2 N–H and O–H groups in total. The van der Waals surface area contributed by atoms with Crippen LogP contribution in [0.5, 0.6) is 0 Å². The van der Waals surface area contributed by atoms with Crippen molar-refractivity contribution in [3.05, 3.63) is 63.7 Å². The van der Waals surface area contributed by atoms with E-state index >= 15 is 0 Å². The maximum absolute atomic E-state index is 13.8. The number of halogens is 2. The van der Waals surface area contributed by atoms with Crippen molar-refractivity contribution >= 4 is 21.4 Å². The van der Waals surface area contributed by atoms with Crippen LogP contribution in [-0.4, -0.2) is 42.4 Å². The zero-order chi connectivity index (χ0) is 21.2. The highest BCUT2D eigenvalue weighted by atomic mass is 32.2. The van der Waals surface area contributed by atoms with Crippen LogP contribution in [0.3, 0.4) is 0 Å². The maximum Gasteiger partial charge on any atom is 0.270 e. The molecule has 0 radical (unpaired) electrons. The van der Waals surface area contributed by atoms with E-state index in [4.69, 9.17) is 0 Å². The number of hydrogen-bond acceptors (Lipinski definition) is 6. The van der Waals surface area contributed by atoms with Crippen LogP contribution < -0.4 is 5.32 Å². The average molecular weight is 427 g/mol. The van der Waals surface area contributed by atoms with Gasteiger partial charge < -0.3 is 10.4 Å². The Morgan fingerprint density at radius 1 is 1.17 bits per heavy atom. The summed E-state index contributed by atoms with van der Waals surface area (Å²) >= 11 is 0. The third-order valence-electron chi connectivity index (χ3n) is 4.68. The largest absolute Gasteiger partial charge is 0.386 e. The lowest BCUT2D eigenvalue weighted by Gasteiger charge is -2.20. The highest BCUT2D eigenvalue weighted by Gasteiger charge is 2.31. The molecule has 2 aromatic rings. The molecule has 0 aliphatic carbocycles. The van der Waals surface area contributed by atoms with Crippen molar-refractivity contribution in [2.24, 2.45) is 0 Å². The van der Waals surface area contributed by atoms with Gasteiger partial charge in [-0.25, -0.2) is 17.2 Å². The fourth-order valence-corrected chi connectivity index (χ4v) is 4.89. The topological polar surface area (TPSA) is 113 Å². The molecule has 1 heterocycles. The highest BCUT2D eigenvalue weighted by Crippen LogP contribution is 2.31. The third kappa shape index (κ3) is 4.36. The van der Waals surface area contributed by atoms with Gasteiger partial charge in [-0.3, -0.25) is 10.1 Å². The van der Waals surface area contributed by atoms with Gasteiger partial charge in [-0.15, -0.1) is 0 Å². The zero-order valence-corrected chi connectivity index (χ0v) is 16.0. The van der Waals surface area contributed by atoms with Gasteiger partial charge in [0.1, 0.15) is 22.6 Å². The fraction of sp³-hybridized carbons (Fsp3) is 0.333. The number of benzene rings is 2. The first-order valence-corrected chi connectivity index (χ1v) is 10.3. The molecule has 11 heteroatoms. The van der Waals surface area contributed by atoms with Gasteiger partial charge >= 0.3 is 0 Å². The van der Waals surface area contributed by atoms with E-state index in [-0.39, 0.29) is 10.6 Å². The number of nitro groups is 1. The minimum Gasteiger partial charge on any atom is -0.386 e. The summed E-state index contributed by atoms with van der Waals surface area (Å²) in [5.74, 6) is -1.87. The van der Waals surface area contributed by atoms with E-state index in [1.165, 1.54) is 10.4 Å². The van der Waals surface area contributed by atoms with Crippen LogP contribution >= 0.6 is 0 Å². The van der Waals surface area contributed by atoms with Crippen molar-refractivity contribution < 1.29 is 27.2 Å². The third-order valence-corrected chi connectivity index (χ3v) is 6.62. The molecule has 1 aliphatic heterocycles. The van der Waals surface area contributed by atoms with Crippen LogP contribution in [0.25, 0.3) is 0 Å². The molecule has 0 saturated carbocycles. The number of non-ortho nitro benzene ring substituents is 1. The smallest absolute Gasteiger partial charge is 0.270 e. The van der Waals surface area contributed by atoms with E-state index in [0.29, 0.717) is 25.9 Å². The Hall–Kier alpha value is -2.63. The summed E-state index contributed by atoms with van der Waals surface area (Å²) in [5, 5.41) is 23.9. The fourth-order valence-electron chi connectivity index (χ4n) is 3.19. The van der Waals surface area contributed by atoms with E-state index in [2.05, 4.69) is 5.32 Å². The second-order valence-electron chi connectivity index (χ2n) is 6.58. The number of nitrogens with zero attached hydrogens (tertiary/aromatic N) is 2. The van der Waals surface area contributed by atoms with Gasteiger partial charge in [0.15, 0.2) is 0 Å². The van der Waals surface area contributed by atoms with Crippen molar-refractivity contribution in [2.45, 2.75) is 23.8 Å². The second kappa shape index (κ2) is 8.39. The van der Waals surface area contributed by atoms with Crippen LogP contribution in [-0.2, 0) is 10.0 Å². The van der Waals surface area contributed by atoms with E-state index in [9.17, 15) is 32.4 Å². The molecule has 1 aliphatic rings. The van der Waals surface area contributed by atoms with Crippen LogP contribution in [0.1, 0.15) is 24.5 Å². The number of aliphatic hydroxyl groups is 1. The molecule has 2 aromatic carbocycles. The molecule has 1 unspecified atom stereocenters. The second-order valence-corrected chi connectivity index (χ2v) is 8.49. The number of aliphatic hydroxyl groups excluding tert-OH is 1. The predicted octanol–water partition coefficient (Wildman–Crippen LogP) is 2.80. The molecule has 156 valence electrons. The summed E-state index contributed by atoms with van der Waals surface area (Å²) in [7, 11) is -4.02. The standard InChI is InChI=1S/C18H19F2N3O5S/c19-13-4-3-5-14(20)18(13)16(24)11-21-15-7-6-12(23(25)26)10-17(15)29(27,28)22-8-1-2-9-22/h3-7,10,16,21,24H,1-2,8-9,11H2. The van der Waals surface area contributed by atoms with Crippen molar-refractivity contribution in [1.29, 1.82) is 0 Å². The number of nitro benzene ring substituents is 1. The van der Waals surface area contributed by atoms with Gasteiger partial charge in [0.25, 0.3) is 5.69 Å². The van der Waals surface area contributed by atoms with Crippen molar-refractivity contribution in [3.8, 4) is 0 Å². The summed E-state index contributed by atoms with van der Waals surface area (Å²) < 4.78 is 54.8. The van der Waals surface area contributed by atoms with Gasteiger partial charge in [-0.2, -0.15) is 4.31 Å². The summed E-state index contributed by atoms with van der Waals surface area (Å²) in [6.07, 6.45) is -0.238. The summed E-state index contributed by atoms with van der Waals surface area (Å²) in [6.45, 7) is 0.194. The molecule has 29 heavy (non-hydrogen) atoms. The summed E-state index contributed by atoms with van der Waals surface area (Å²) in [6, 6.07) is 6.40. The van der Waals surface area contributed by atoms with E-state index < -0.39 is 50.5 Å². The first-order chi connectivity index (χ1) is 13.7. The average Bonchev–Trinajstić information content (AvgIpc) is 3.21. The molecule has 0 aromatic heterocycles. The SMILES string of the molecule is O=[N+]([O-])c1ccc(NCC(O)c2c(F)cccc2F)c(S(=O)(=O)N2CCCC2)c1. The number of rotatable bonds is 7. The van der Waals surface area contributed by atoms with E-state index in [1.54, 1.807) is 0 Å². The molecule has 8 nitrogen and oxygen atoms in total. The van der Waals surface area contributed by atoms with Gasteiger partial charge in [-0.05, 0) is 31.0 Å². The van der Waals surface area contributed by atoms with Gasteiger partial charge in [-0.1, -0.05) is 6.07 Å². The van der Waals surface area contributed by atoms with Crippen molar-refractivity contribution in [1.82, 2.24) is 4.31 Å². The Morgan fingerprint density at radius 2 is 1.79 bits per heavy atom. The van der Waals surface area contributed by atoms with Crippen LogP contribution in [0.15, 0.2) is 41.3 Å². The predicted molar refractivity (Wildman–Crippen MR) is 101 cm³/mol. The lowest BCUT2D eigenvalue weighted by Crippen LogP contribution is -2.29. The Bertz CT molecular complexity index is 1010. The van der Waals surface area contributed by atoms with E-state index in [1.807, 2.05) is 0 Å². The van der Waals surface area contributed by atoms with Gasteiger partial charge in [0.05, 0.1) is 16.2 Å². The van der Waals surface area contributed by atoms with Gasteiger partial charge in [0.2, 0.25) is 10.0 Å². The minimum absolute atomic E-state index is 0.00158. The number of anilines is 1. The monoisotopic (exact) mass is 427 g/mol. The lowest BCUT2D eigenvalue weighted by atomic mass is 10.1. The van der Waals surface area contributed by atoms with Gasteiger partial charge in [0, 0.05) is 31.8 Å². The normalized spacial score (nSPS) is 16.0. The first kappa shape index (κ1) is 21.1. The molecule has 3 rings (SSSR count). The Morgan fingerprint density at radius 3 is 2.38 bits per heavy atom. The Kier molecular flexibility index (Phi) is 6.10. The zero-order valence-electron chi connectivity index (χ0n) is 15.2. The van der Waals surface area contributed by atoms with Crippen molar-refractivity contribution in [2.75, 3.05) is 25.0 Å². The number of hydrogen-bond donors (Lipinski definition) is 2. The van der Waals surface area contributed by atoms with Crippen molar-refractivity contribution in [3.63, 3.8) is 0 Å². The molecule has 1 saturated heterocycles. The number of sulfonamides is 1. The minimum atomic E-state index is -4.02. The summed E-state index contributed by atoms with van der Waals surface area (Å²) in [5.41, 5.74) is -0.960. The highest BCUT2D eigenvalue weighted by molar-refractivity contribution is 7.89.